The first-order valence-electron chi connectivity index (χ1n) is 7.02. The molecule has 1 N–H and O–H groups in total. The van der Waals surface area contributed by atoms with Gasteiger partial charge in [-0.2, -0.15) is 0 Å². The van der Waals surface area contributed by atoms with Gasteiger partial charge in [0.2, 0.25) is 10.0 Å². The van der Waals surface area contributed by atoms with Crippen molar-refractivity contribution in [1.29, 1.82) is 0 Å². The predicted octanol–water partition coefficient (Wildman–Crippen LogP) is -0.0467. The predicted molar refractivity (Wildman–Crippen MR) is 73.1 cm³/mol. The van der Waals surface area contributed by atoms with Crippen molar-refractivity contribution in [1.82, 2.24) is 14.5 Å². The van der Waals surface area contributed by atoms with E-state index in [0.717, 1.165) is 45.6 Å². The zero-order valence-electron chi connectivity index (χ0n) is 11.3. The second kappa shape index (κ2) is 6.32. The monoisotopic (exact) mass is 275 g/mol. The highest BCUT2D eigenvalue weighted by Gasteiger charge is 2.27. The van der Waals surface area contributed by atoms with E-state index in [2.05, 4.69) is 10.2 Å². The molecule has 2 aliphatic heterocycles. The first-order chi connectivity index (χ1) is 8.62. The van der Waals surface area contributed by atoms with Crippen molar-refractivity contribution >= 4 is 10.0 Å². The Kier molecular flexibility index (Phi) is 5.00. The third kappa shape index (κ3) is 3.66. The van der Waals surface area contributed by atoms with Gasteiger partial charge in [-0.3, -0.25) is 0 Å². The third-order valence-electron chi connectivity index (χ3n) is 4.06. The van der Waals surface area contributed by atoms with Crippen molar-refractivity contribution in [2.75, 3.05) is 51.6 Å². The molecule has 2 saturated heterocycles. The van der Waals surface area contributed by atoms with Crippen LogP contribution in [0.5, 0.6) is 0 Å². The number of sulfonamides is 1. The fourth-order valence-corrected chi connectivity index (χ4v) is 3.94. The largest absolute Gasteiger partial charge is 0.314 e. The van der Waals surface area contributed by atoms with Gasteiger partial charge < -0.3 is 10.2 Å². The molecule has 2 aliphatic rings. The fourth-order valence-electron chi connectivity index (χ4n) is 2.81. The first-order valence-corrected chi connectivity index (χ1v) is 8.63. The molecule has 0 spiro atoms. The quantitative estimate of drug-likeness (QED) is 0.782. The summed E-state index contributed by atoms with van der Waals surface area (Å²) < 4.78 is 25.2. The number of hydrogen-bond donors (Lipinski definition) is 1. The van der Waals surface area contributed by atoms with Crippen LogP contribution in [-0.4, -0.2) is 69.2 Å². The Morgan fingerprint density at radius 3 is 2.28 bits per heavy atom. The van der Waals surface area contributed by atoms with Gasteiger partial charge in [0.1, 0.15) is 0 Å². The Morgan fingerprint density at radius 1 is 1.11 bits per heavy atom. The van der Waals surface area contributed by atoms with Crippen LogP contribution in [0.25, 0.3) is 0 Å². The van der Waals surface area contributed by atoms with Crippen molar-refractivity contribution < 1.29 is 8.42 Å². The summed E-state index contributed by atoms with van der Waals surface area (Å²) in [6, 6.07) is 0. The average molecular weight is 275 g/mol. The highest BCUT2D eigenvalue weighted by molar-refractivity contribution is 7.89. The molecule has 0 saturated carbocycles. The Labute approximate surface area is 111 Å². The van der Waals surface area contributed by atoms with Gasteiger partial charge in [0.15, 0.2) is 0 Å². The lowest BCUT2D eigenvalue weighted by molar-refractivity contribution is 0.168. The molecule has 0 aliphatic carbocycles. The van der Waals surface area contributed by atoms with E-state index in [-0.39, 0.29) is 5.75 Å². The van der Waals surface area contributed by atoms with Crippen molar-refractivity contribution in [3.05, 3.63) is 0 Å². The number of nitrogens with zero attached hydrogens (tertiary/aromatic N) is 2. The lowest BCUT2D eigenvalue weighted by atomic mass is 9.97. The minimum absolute atomic E-state index is 0.232. The van der Waals surface area contributed by atoms with E-state index in [9.17, 15) is 8.42 Å². The molecule has 0 aromatic rings. The molecule has 0 bridgehead atoms. The molecule has 106 valence electrons. The zero-order chi connectivity index (χ0) is 13.0. The molecule has 0 radical (unpaired) electrons. The molecule has 5 nitrogen and oxygen atoms in total. The highest BCUT2D eigenvalue weighted by atomic mass is 32.2. The molecule has 0 aromatic carbocycles. The topological polar surface area (TPSA) is 52.7 Å². The van der Waals surface area contributed by atoms with Gasteiger partial charge in [-0.05, 0) is 25.7 Å². The molecule has 2 heterocycles. The van der Waals surface area contributed by atoms with E-state index in [0.29, 0.717) is 19.0 Å². The van der Waals surface area contributed by atoms with Crippen LogP contribution in [0, 0.1) is 5.92 Å². The van der Waals surface area contributed by atoms with E-state index in [1.165, 1.54) is 0 Å². The number of piperazine rings is 1. The van der Waals surface area contributed by atoms with E-state index >= 15 is 0 Å². The Balaban J connectivity index is 1.76. The first kappa shape index (κ1) is 14.2. The van der Waals surface area contributed by atoms with Crippen LogP contribution in [0.1, 0.15) is 19.8 Å². The summed E-state index contributed by atoms with van der Waals surface area (Å²) in [6.07, 6.45) is 2.03. The molecule has 18 heavy (non-hydrogen) atoms. The van der Waals surface area contributed by atoms with Gasteiger partial charge >= 0.3 is 0 Å². The van der Waals surface area contributed by atoms with Crippen LogP contribution < -0.4 is 5.32 Å². The molecular weight excluding hydrogens is 250 g/mol. The van der Waals surface area contributed by atoms with Crippen LogP contribution in [0.15, 0.2) is 0 Å². The van der Waals surface area contributed by atoms with Crippen molar-refractivity contribution in [2.24, 2.45) is 5.92 Å². The molecular formula is C12H25N3O2S. The zero-order valence-corrected chi connectivity index (χ0v) is 12.1. The summed E-state index contributed by atoms with van der Waals surface area (Å²) in [5.74, 6) is 0.904. The Bertz CT molecular complexity index is 344. The van der Waals surface area contributed by atoms with E-state index in [1.54, 1.807) is 11.2 Å². The van der Waals surface area contributed by atoms with Crippen LogP contribution in [0.4, 0.5) is 0 Å². The third-order valence-corrected chi connectivity index (χ3v) is 5.94. The van der Waals surface area contributed by atoms with Crippen molar-refractivity contribution in [2.45, 2.75) is 19.8 Å². The minimum atomic E-state index is -2.97. The molecule has 2 rings (SSSR count). The summed E-state index contributed by atoms with van der Waals surface area (Å²) in [6.45, 7) is 8.73. The molecule has 2 fully saturated rings. The van der Waals surface area contributed by atoms with Gasteiger partial charge in [0, 0.05) is 45.8 Å². The van der Waals surface area contributed by atoms with E-state index in [4.69, 9.17) is 0 Å². The van der Waals surface area contributed by atoms with Gasteiger partial charge in [-0.15, -0.1) is 0 Å². The number of piperidine rings is 1. The van der Waals surface area contributed by atoms with Crippen LogP contribution in [0.2, 0.25) is 0 Å². The summed E-state index contributed by atoms with van der Waals surface area (Å²) in [4.78, 5) is 2.51. The van der Waals surface area contributed by atoms with Gasteiger partial charge in [-0.25, -0.2) is 12.7 Å². The van der Waals surface area contributed by atoms with E-state index < -0.39 is 10.0 Å². The second-order valence-electron chi connectivity index (χ2n) is 5.29. The standard InChI is InChI=1S/C12H25N3O2S/c1-2-18(16,17)15-7-3-12(4-8-15)11-14-9-5-13-6-10-14/h12-13H,2-11H2,1H3. The highest BCUT2D eigenvalue weighted by Crippen LogP contribution is 2.20. The van der Waals surface area contributed by atoms with Crippen LogP contribution in [0.3, 0.4) is 0 Å². The van der Waals surface area contributed by atoms with Crippen molar-refractivity contribution in [3.8, 4) is 0 Å². The number of hydrogen-bond acceptors (Lipinski definition) is 4. The van der Waals surface area contributed by atoms with Crippen LogP contribution >= 0.6 is 0 Å². The number of rotatable bonds is 4. The van der Waals surface area contributed by atoms with Gasteiger partial charge in [0.25, 0.3) is 0 Å². The van der Waals surface area contributed by atoms with Crippen molar-refractivity contribution in [3.63, 3.8) is 0 Å². The maximum absolute atomic E-state index is 11.8. The molecule has 0 unspecified atom stereocenters. The molecule has 6 heteroatoms. The van der Waals surface area contributed by atoms with Crippen LogP contribution in [-0.2, 0) is 10.0 Å². The normalized spacial score (nSPS) is 25.4. The Morgan fingerprint density at radius 2 is 1.72 bits per heavy atom. The lowest BCUT2D eigenvalue weighted by Crippen LogP contribution is -2.47. The summed E-state index contributed by atoms with van der Waals surface area (Å²) >= 11 is 0. The average Bonchev–Trinajstić information content (AvgIpc) is 2.40. The fraction of sp³-hybridized carbons (Fsp3) is 1.00. The van der Waals surface area contributed by atoms with Gasteiger partial charge in [0.05, 0.1) is 5.75 Å². The van der Waals surface area contributed by atoms with E-state index in [1.807, 2.05) is 0 Å². The maximum Gasteiger partial charge on any atom is 0.213 e. The molecule has 0 atom stereocenters. The number of nitrogens with one attached hydrogen (secondary N) is 1. The second-order valence-corrected chi connectivity index (χ2v) is 7.55. The smallest absolute Gasteiger partial charge is 0.213 e. The Hall–Kier alpha value is -0.170. The molecule has 0 amide bonds. The molecule has 0 aromatic heterocycles. The maximum atomic E-state index is 11.8. The summed E-state index contributed by atoms with van der Waals surface area (Å²) in [5, 5.41) is 3.36. The summed E-state index contributed by atoms with van der Waals surface area (Å²) in [7, 11) is -2.97. The summed E-state index contributed by atoms with van der Waals surface area (Å²) in [5.41, 5.74) is 0. The SMILES string of the molecule is CCS(=O)(=O)N1CCC(CN2CCNCC2)CC1. The lowest BCUT2D eigenvalue weighted by Gasteiger charge is -2.35. The minimum Gasteiger partial charge on any atom is -0.314 e. The van der Waals surface area contributed by atoms with Gasteiger partial charge in [-0.1, -0.05) is 0 Å².